The normalized spacial score (nSPS) is 16.5. The molecule has 2 N–H and O–H groups in total. The molecule has 164 valence electrons. The highest BCUT2D eigenvalue weighted by Gasteiger charge is 2.26. The summed E-state index contributed by atoms with van der Waals surface area (Å²) in [4.78, 5) is 26.8. The van der Waals surface area contributed by atoms with Gasteiger partial charge in [0.1, 0.15) is 0 Å². The van der Waals surface area contributed by atoms with E-state index in [9.17, 15) is 9.59 Å². The predicted molar refractivity (Wildman–Crippen MR) is 114 cm³/mol. The number of carbonyl (C=O) groups is 2. The van der Waals surface area contributed by atoms with E-state index in [1.165, 1.54) is 0 Å². The lowest BCUT2D eigenvalue weighted by Crippen LogP contribution is -2.47. The first-order valence-electron chi connectivity index (χ1n) is 10.5. The zero-order chi connectivity index (χ0) is 21.5. The second-order valence-corrected chi connectivity index (χ2v) is 7.48. The molecular weight excluding hydrogens is 398 g/mol. The molecule has 0 saturated carbocycles. The van der Waals surface area contributed by atoms with Crippen molar-refractivity contribution < 1.29 is 23.8 Å². The fourth-order valence-electron chi connectivity index (χ4n) is 3.78. The monoisotopic (exact) mass is 425 g/mol. The van der Waals surface area contributed by atoms with Gasteiger partial charge in [-0.25, -0.2) is 0 Å². The van der Waals surface area contributed by atoms with Crippen molar-refractivity contribution >= 4 is 11.8 Å². The van der Waals surface area contributed by atoms with Crippen LogP contribution in [-0.4, -0.2) is 62.9 Å². The van der Waals surface area contributed by atoms with E-state index in [2.05, 4.69) is 15.5 Å². The van der Waals surface area contributed by atoms with Crippen LogP contribution in [0.4, 0.5) is 0 Å². The Morgan fingerprint density at radius 2 is 1.68 bits per heavy atom. The van der Waals surface area contributed by atoms with Crippen LogP contribution in [0.1, 0.15) is 17.2 Å². The van der Waals surface area contributed by atoms with Gasteiger partial charge in [0.2, 0.25) is 6.79 Å². The molecular formula is C23H27N3O5. The highest BCUT2D eigenvalue weighted by atomic mass is 16.7. The van der Waals surface area contributed by atoms with Crippen LogP contribution in [0.5, 0.6) is 11.5 Å². The van der Waals surface area contributed by atoms with Gasteiger partial charge in [0.15, 0.2) is 11.5 Å². The molecule has 2 heterocycles. The molecule has 0 radical (unpaired) electrons. The van der Waals surface area contributed by atoms with Crippen molar-refractivity contribution in [1.29, 1.82) is 0 Å². The van der Waals surface area contributed by atoms with Crippen molar-refractivity contribution in [3.05, 3.63) is 59.7 Å². The van der Waals surface area contributed by atoms with Crippen LogP contribution in [0.25, 0.3) is 0 Å². The maximum absolute atomic E-state index is 12.4. The van der Waals surface area contributed by atoms with E-state index >= 15 is 0 Å². The Morgan fingerprint density at radius 1 is 0.935 bits per heavy atom. The van der Waals surface area contributed by atoms with Gasteiger partial charge in [0.05, 0.1) is 19.3 Å². The van der Waals surface area contributed by atoms with Gasteiger partial charge in [-0.3, -0.25) is 14.5 Å². The molecule has 8 heteroatoms. The van der Waals surface area contributed by atoms with E-state index in [-0.39, 0.29) is 12.8 Å². The van der Waals surface area contributed by atoms with Crippen LogP contribution in [0.3, 0.4) is 0 Å². The molecule has 2 aromatic rings. The number of carbonyl (C=O) groups excluding carboxylic acids is 2. The average Bonchev–Trinajstić information content (AvgIpc) is 3.28. The van der Waals surface area contributed by atoms with Crippen molar-refractivity contribution in [3.63, 3.8) is 0 Å². The van der Waals surface area contributed by atoms with Gasteiger partial charge in [-0.15, -0.1) is 0 Å². The molecule has 2 aromatic carbocycles. The number of hydrogen-bond donors (Lipinski definition) is 2. The third kappa shape index (κ3) is 5.53. The lowest BCUT2D eigenvalue weighted by Gasteiger charge is -2.34. The minimum Gasteiger partial charge on any atom is -0.454 e. The average molecular weight is 425 g/mol. The number of rotatable bonds is 7. The number of hydrogen-bond acceptors (Lipinski definition) is 6. The molecule has 0 aromatic heterocycles. The van der Waals surface area contributed by atoms with Gasteiger partial charge in [-0.1, -0.05) is 36.4 Å². The highest BCUT2D eigenvalue weighted by molar-refractivity contribution is 6.35. The lowest BCUT2D eigenvalue weighted by atomic mass is 10.0. The molecule has 2 aliphatic heterocycles. The molecule has 1 fully saturated rings. The van der Waals surface area contributed by atoms with E-state index in [0.29, 0.717) is 44.2 Å². The fraction of sp³-hybridized carbons (Fsp3) is 0.391. The predicted octanol–water partition coefficient (Wildman–Crippen LogP) is 1.26. The number of nitrogens with one attached hydrogen (secondary N) is 2. The van der Waals surface area contributed by atoms with Gasteiger partial charge in [0, 0.05) is 26.2 Å². The van der Waals surface area contributed by atoms with E-state index in [1.54, 1.807) is 0 Å². The van der Waals surface area contributed by atoms with Crippen LogP contribution in [0.15, 0.2) is 48.5 Å². The summed E-state index contributed by atoms with van der Waals surface area (Å²) in [6.07, 6.45) is 0.674. The number of nitrogens with zero attached hydrogens (tertiary/aromatic N) is 1. The Kier molecular flexibility index (Phi) is 7.01. The zero-order valence-corrected chi connectivity index (χ0v) is 17.3. The van der Waals surface area contributed by atoms with Crippen LogP contribution in [0, 0.1) is 0 Å². The number of benzene rings is 2. The lowest BCUT2D eigenvalue weighted by molar-refractivity contribution is -0.139. The Labute approximate surface area is 181 Å². The van der Waals surface area contributed by atoms with E-state index < -0.39 is 11.8 Å². The summed E-state index contributed by atoms with van der Waals surface area (Å²) in [6.45, 7) is 3.69. The summed E-state index contributed by atoms with van der Waals surface area (Å²) in [5.74, 6) is 0.154. The Morgan fingerprint density at radius 3 is 2.48 bits per heavy atom. The minimum atomic E-state index is -0.632. The summed E-state index contributed by atoms with van der Waals surface area (Å²) in [7, 11) is 0. The maximum atomic E-state index is 12.4. The topological polar surface area (TPSA) is 89.1 Å². The molecule has 0 aliphatic carbocycles. The third-order valence-corrected chi connectivity index (χ3v) is 5.47. The van der Waals surface area contributed by atoms with Gasteiger partial charge in [-0.2, -0.15) is 0 Å². The van der Waals surface area contributed by atoms with Crippen molar-refractivity contribution in [2.24, 2.45) is 0 Å². The van der Waals surface area contributed by atoms with Crippen molar-refractivity contribution in [3.8, 4) is 11.5 Å². The van der Waals surface area contributed by atoms with Crippen LogP contribution in [-0.2, 0) is 20.7 Å². The molecule has 4 rings (SSSR count). The Balaban J connectivity index is 1.34. The first-order valence-corrected chi connectivity index (χ1v) is 10.5. The number of ether oxygens (including phenoxy) is 3. The molecule has 1 atom stereocenters. The van der Waals surface area contributed by atoms with E-state index in [1.807, 2.05) is 48.5 Å². The molecule has 31 heavy (non-hydrogen) atoms. The molecule has 2 amide bonds. The molecule has 0 bridgehead atoms. The second-order valence-electron chi connectivity index (χ2n) is 7.48. The zero-order valence-electron chi connectivity index (χ0n) is 17.3. The molecule has 0 unspecified atom stereocenters. The minimum absolute atomic E-state index is 0.0977. The number of fused-ring (bicyclic) bond motifs is 1. The maximum Gasteiger partial charge on any atom is 0.309 e. The van der Waals surface area contributed by atoms with Crippen LogP contribution < -0.4 is 20.1 Å². The SMILES string of the molecule is O=C(NCCc1ccccc1)C(=O)NC[C@H](c1ccc2c(c1)OCO2)N1CCOCC1. The largest absolute Gasteiger partial charge is 0.454 e. The molecule has 8 nitrogen and oxygen atoms in total. The number of amides is 2. The summed E-state index contributed by atoms with van der Waals surface area (Å²) in [5, 5.41) is 5.48. The van der Waals surface area contributed by atoms with Crippen LogP contribution in [0.2, 0.25) is 0 Å². The molecule has 2 aliphatic rings. The first kappa shape index (κ1) is 21.1. The second kappa shape index (κ2) is 10.3. The van der Waals surface area contributed by atoms with E-state index in [0.717, 1.165) is 24.2 Å². The van der Waals surface area contributed by atoms with Gasteiger partial charge in [0.25, 0.3) is 0 Å². The van der Waals surface area contributed by atoms with E-state index in [4.69, 9.17) is 14.2 Å². The Hall–Kier alpha value is -3.10. The van der Waals surface area contributed by atoms with Crippen LogP contribution >= 0.6 is 0 Å². The summed E-state index contributed by atoms with van der Waals surface area (Å²) in [5.41, 5.74) is 2.11. The number of morpholine rings is 1. The fourth-order valence-corrected chi connectivity index (χ4v) is 3.78. The third-order valence-electron chi connectivity index (χ3n) is 5.47. The van der Waals surface area contributed by atoms with Crippen molar-refractivity contribution in [1.82, 2.24) is 15.5 Å². The summed E-state index contributed by atoms with van der Waals surface area (Å²) in [6, 6.07) is 15.5. The quantitative estimate of drug-likeness (QED) is 0.650. The smallest absolute Gasteiger partial charge is 0.309 e. The molecule has 0 spiro atoms. The van der Waals surface area contributed by atoms with Gasteiger partial charge < -0.3 is 24.8 Å². The highest BCUT2D eigenvalue weighted by Crippen LogP contribution is 2.35. The standard InChI is InChI=1S/C23H27N3O5/c27-22(24-9-8-17-4-2-1-3-5-17)23(28)25-15-19(26-10-12-29-13-11-26)18-6-7-20-21(14-18)31-16-30-20/h1-7,14,19H,8-13,15-16H2,(H,24,27)(H,25,28)/t19-/m1/s1. The Bertz CT molecular complexity index is 899. The summed E-state index contributed by atoms with van der Waals surface area (Å²) < 4.78 is 16.4. The molecule has 1 saturated heterocycles. The van der Waals surface area contributed by atoms with Gasteiger partial charge in [-0.05, 0) is 29.7 Å². The summed E-state index contributed by atoms with van der Waals surface area (Å²) >= 11 is 0. The first-order chi connectivity index (χ1) is 15.2. The van der Waals surface area contributed by atoms with Crippen molar-refractivity contribution in [2.45, 2.75) is 12.5 Å². The van der Waals surface area contributed by atoms with Gasteiger partial charge >= 0.3 is 11.8 Å². The van der Waals surface area contributed by atoms with Crippen molar-refractivity contribution in [2.75, 3.05) is 46.2 Å².